The van der Waals surface area contributed by atoms with Gasteiger partial charge in [-0.1, -0.05) is 0 Å². The lowest BCUT2D eigenvalue weighted by molar-refractivity contribution is 0.132. The number of fused-ring (bicyclic) bond motifs is 3. The van der Waals surface area contributed by atoms with Gasteiger partial charge in [-0.15, -0.1) is 0 Å². The van der Waals surface area contributed by atoms with E-state index >= 15 is 0 Å². The maximum absolute atomic E-state index is 12.0. The van der Waals surface area contributed by atoms with E-state index in [1.165, 1.54) is 12.8 Å². The Labute approximate surface area is 162 Å². The molecule has 0 radical (unpaired) electrons. The van der Waals surface area contributed by atoms with E-state index in [2.05, 4.69) is 24.8 Å². The highest BCUT2D eigenvalue weighted by Gasteiger charge is 2.28. The van der Waals surface area contributed by atoms with Crippen molar-refractivity contribution in [3.05, 3.63) is 24.3 Å². The second-order valence-corrected chi connectivity index (χ2v) is 7.98. The molecule has 0 saturated heterocycles. The van der Waals surface area contributed by atoms with Crippen LogP contribution in [0, 0.1) is 5.92 Å². The number of aliphatic hydroxyl groups is 1. The molecule has 0 spiro atoms. The largest absolute Gasteiger partial charge is 0.449 e. The molecule has 3 heterocycles. The van der Waals surface area contributed by atoms with E-state index in [-0.39, 0.29) is 24.8 Å². The molecule has 0 atom stereocenters. The fourth-order valence-corrected chi connectivity index (χ4v) is 4.31. The molecule has 148 valence electrons. The third-order valence-electron chi connectivity index (χ3n) is 5.98. The second-order valence-electron chi connectivity index (χ2n) is 7.98. The van der Waals surface area contributed by atoms with Gasteiger partial charge in [-0.25, -0.2) is 14.8 Å². The lowest BCUT2D eigenvalue weighted by atomic mass is 9.91. The number of pyridine rings is 1. The lowest BCUT2D eigenvalue weighted by Crippen LogP contribution is -2.38. The molecule has 0 aliphatic heterocycles. The quantitative estimate of drug-likeness (QED) is 0.628. The number of nitrogens with one attached hydrogen (secondary N) is 2. The zero-order valence-electron chi connectivity index (χ0n) is 15.7. The van der Waals surface area contributed by atoms with Gasteiger partial charge in [0, 0.05) is 23.7 Å². The van der Waals surface area contributed by atoms with Crippen LogP contribution in [0.3, 0.4) is 0 Å². The van der Waals surface area contributed by atoms with Crippen molar-refractivity contribution in [2.45, 2.75) is 57.2 Å². The molecule has 0 aromatic carbocycles. The summed E-state index contributed by atoms with van der Waals surface area (Å²) in [7, 11) is 0. The number of aromatic amines is 1. The van der Waals surface area contributed by atoms with Crippen LogP contribution in [0.5, 0.6) is 0 Å². The van der Waals surface area contributed by atoms with Crippen LogP contribution >= 0.6 is 0 Å². The predicted molar refractivity (Wildman–Crippen MR) is 104 cm³/mol. The number of hydrogen-bond donors (Lipinski definition) is 3. The van der Waals surface area contributed by atoms with Crippen LogP contribution in [0.4, 0.5) is 4.79 Å². The van der Waals surface area contributed by atoms with Gasteiger partial charge >= 0.3 is 6.09 Å². The molecule has 5 rings (SSSR count). The molecule has 2 saturated carbocycles. The van der Waals surface area contributed by atoms with E-state index < -0.39 is 0 Å². The van der Waals surface area contributed by atoms with Crippen molar-refractivity contribution in [3.8, 4) is 0 Å². The Balaban J connectivity index is 1.32. The molecule has 3 N–H and O–H groups in total. The summed E-state index contributed by atoms with van der Waals surface area (Å²) >= 11 is 0. The standard InChI is InChI=1S/C20H25N5O3/c26-10-17-24-16-9-22-19-15(7-8-21-19)18(16)25(17)14-5-3-13(4-6-14)23-20(27)28-11-12-1-2-12/h7-9,12-14,26H,1-6,10-11H2,(H,21,22)(H,23,27)/t13-,14-. The first-order valence-electron chi connectivity index (χ1n) is 10.1. The summed E-state index contributed by atoms with van der Waals surface area (Å²) in [5.41, 5.74) is 2.66. The minimum atomic E-state index is -0.292. The molecule has 2 aliphatic carbocycles. The van der Waals surface area contributed by atoms with Crippen LogP contribution in [0.15, 0.2) is 18.5 Å². The molecule has 8 heteroatoms. The van der Waals surface area contributed by atoms with Crippen molar-refractivity contribution in [3.63, 3.8) is 0 Å². The van der Waals surface area contributed by atoms with Crippen molar-refractivity contribution < 1.29 is 14.6 Å². The number of amides is 1. The highest BCUT2D eigenvalue weighted by Crippen LogP contribution is 2.35. The molecule has 2 aliphatic rings. The van der Waals surface area contributed by atoms with Crippen LogP contribution in [0.1, 0.15) is 50.4 Å². The highest BCUT2D eigenvalue weighted by atomic mass is 16.5. The number of carbonyl (C=O) groups excluding carboxylic acids is 1. The number of aromatic nitrogens is 4. The Hall–Kier alpha value is -2.61. The summed E-state index contributed by atoms with van der Waals surface area (Å²) in [6, 6.07) is 2.39. The fraction of sp³-hybridized carbons (Fsp3) is 0.550. The summed E-state index contributed by atoms with van der Waals surface area (Å²) < 4.78 is 7.47. The van der Waals surface area contributed by atoms with Crippen molar-refractivity contribution >= 4 is 28.2 Å². The summed E-state index contributed by atoms with van der Waals surface area (Å²) in [6.07, 6.45) is 9.29. The van der Waals surface area contributed by atoms with Crippen LogP contribution in [-0.4, -0.2) is 43.4 Å². The lowest BCUT2D eigenvalue weighted by Gasteiger charge is -2.31. The number of imidazole rings is 1. The monoisotopic (exact) mass is 383 g/mol. The van der Waals surface area contributed by atoms with Gasteiger partial charge in [0.15, 0.2) is 0 Å². The van der Waals surface area contributed by atoms with Crippen molar-refractivity contribution in [1.82, 2.24) is 24.8 Å². The van der Waals surface area contributed by atoms with E-state index in [0.29, 0.717) is 18.3 Å². The molecular weight excluding hydrogens is 358 g/mol. The third-order valence-corrected chi connectivity index (χ3v) is 5.98. The summed E-state index contributed by atoms with van der Waals surface area (Å²) in [4.78, 5) is 24.1. The van der Waals surface area contributed by atoms with E-state index in [9.17, 15) is 9.90 Å². The topological polar surface area (TPSA) is 105 Å². The molecule has 8 nitrogen and oxygen atoms in total. The van der Waals surface area contributed by atoms with Gasteiger partial charge in [0.05, 0.1) is 18.3 Å². The minimum Gasteiger partial charge on any atom is -0.449 e. The number of nitrogens with zero attached hydrogens (tertiary/aromatic N) is 3. The molecule has 3 aromatic heterocycles. The zero-order valence-corrected chi connectivity index (χ0v) is 15.7. The summed E-state index contributed by atoms with van der Waals surface area (Å²) in [6.45, 7) is 0.440. The average molecular weight is 383 g/mol. The Morgan fingerprint density at radius 2 is 2.11 bits per heavy atom. The maximum Gasteiger partial charge on any atom is 0.407 e. The van der Waals surface area contributed by atoms with Crippen LogP contribution in [0.2, 0.25) is 0 Å². The van der Waals surface area contributed by atoms with Crippen LogP contribution < -0.4 is 5.32 Å². The molecule has 2 fully saturated rings. The second kappa shape index (κ2) is 7.09. The third kappa shape index (κ3) is 3.22. The van der Waals surface area contributed by atoms with Gasteiger partial charge in [-0.3, -0.25) is 0 Å². The van der Waals surface area contributed by atoms with Crippen LogP contribution in [0.25, 0.3) is 22.1 Å². The number of carbonyl (C=O) groups is 1. The molecule has 28 heavy (non-hydrogen) atoms. The minimum absolute atomic E-state index is 0.105. The Kier molecular flexibility index (Phi) is 4.43. The van der Waals surface area contributed by atoms with E-state index in [0.717, 1.165) is 47.8 Å². The number of alkyl carbamates (subject to hydrolysis) is 1. The number of aliphatic hydroxyl groups excluding tert-OH is 1. The normalized spacial score (nSPS) is 22.6. The predicted octanol–water partition coefficient (Wildman–Crippen LogP) is 3.02. The van der Waals surface area contributed by atoms with Gasteiger partial charge in [0.25, 0.3) is 0 Å². The molecular formula is C20H25N5O3. The zero-order chi connectivity index (χ0) is 19.1. The molecule has 3 aromatic rings. The van der Waals surface area contributed by atoms with Crippen molar-refractivity contribution in [1.29, 1.82) is 0 Å². The van der Waals surface area contributed by atoms with Crippen LogP contribution in [-0.2, 0) is 11.3 Å². The van der Waals surface area contributed by atoms with E-state index in [4.69, 9.17) is 4.74 Å². The number of rotatable bonds is 5. The fourth-order valence-electron chi connectivity index (χ4n) is 4.31. The Morgan fingerprint density at radius 1 is 1.29 bits per heavy atom. The molecule has 1 amide bonds. The SMILES string of the molecule is O=C(N[C@H]1CC[C@H](n2c(CO)nc3cnc4[nH]ccc4c32)CC1)OCC1CC1. The van der Waals surface area contributed by atoms with Gasteiger partial charge < -0.3 is 24.7 Å². The summed E-state index contributed by atoms with van der Waals surface area (Å²) in [5.74, 6) is 1.25. The number of hydrogen-bond acceptors (Lipinski definition) is 5. The van der Waals surface area contributed by atoms with E-state index in [1.807, 2.05) is 12.3 Å². The van der Waals surface area contributed by atoms with Gasteiger partial charge in [-0.05, 0) is 50.5 Å². The first-order chi connectivity index (χ1) is 13.7. The van der Waals surface area contributed by atoms with Gasteiger partial charge in [0.1, 0.15) is 23.6 Å². The number of H-pyrrole nitrogens is 1. The first kappa shape index (κ1) is 17.5. The average Bonchev–Trinajstić information content (AvgIpc) is 3.28. The smallest absolute Gasteiger partial charge is 0.407 e. The van der Waals surface area contributed by atoms with E-state index in [1.54, 1.807) is 6.20 Å². The van der Waals surface area contributed by atoms with Gasteiger partial charge in [0.2, 0.25) is 0 Å². The molecule has 0 unspecified atom stereocenters. The Bertz CT molecular complexity index is 998. The molecule has 0 bridgehead atoms. The number of ether oxygens (including phenoxy) is 1. The van der Waals surface area contributed by atoms with Crippen molar-refractivity contribution in [2.24, 2.45) is 5.92 Å². The van der Waals surface area contributed by atoms with Crippen molar-refractivity contribution in [2.75, 3.05) is 6.61 Å². The highest BCUT2D eigenvalue weighted by molar-refractivity contribution is 6.01. The maximum atomic E-state index is 12.0. The van der Waals surface area contributed by atoms with Gasteiger partial charge in [-0.2, -0.15) is 0 Å². The first-order valence-corrected chi connectivity index (χ1v) is 10.1. The Morgan fingerprint density at radius 3 is 2.86 bits per heavy atom. The summed E-state index contributed by atoms with van der Waals surface area (Å²) in [5, 5.41) is 13.9.